The van der Waals surface area contributed by atoms with Crippen molar-refractivity contribution in [3.05, 3.63) is 39.6 Å². The average Bonchev–Trinajstić information content (AvgIpc) is 3.33. The highest BCUT2D eigenvalue weighted by Crippen LogP contribution is 2.40. The van der Waals surface area contributed by atoms with E-state index in [2.05, 4.69) is 5.32 Å². The lowest BCUT2D eigenvalue weighted by molar-refractivity contribution is 0.0525. The Bertz CT molecular complexity index is 857. The van der Waals surface area contributed by atoms with Crippen LogP contribution in [0.1, 0.15) is 36.2 Å². The second-order valence-corrected chi connectivity index (χ2v) is 5.41. The number of fused-ring (bicyclic) bond motifs is 1. The number of rotatable bonds is 4. The largest absolute Gasteiger partial charge is 0.462 e. The summed E-state index contributed by atoms with van der Waals surface area (Å²) in [7, 11) is 1.57. The standard InChI is InChI=1S/C16H16F2N2O3/c1-3-23-16(22)13-14(21)9-6-10(17)11(18)7-12(9)20(8-4-5-8)15(13)19-2/h6-8,19H,3-5H2,1-2H3. The molecule has 122 valence electrons. The zero-order valence-corrected chi connectivity index (χ0v) is 12.8. The zero-order valence-electron chi connectivity index (χ0n) is 12.8. The normalized spacial score (nSPS) is 14.1. The van der Waals surface area contributed by atoms with Crippen LogP contribution in [0.5, 0.6) is 0 Å². The van der Waals surface area contributed by atoms with Crippen molar-refractivity contribution >= 4 is 22.7 Å². The first-order chi connectivity index (χ1) is 11.0. The van der Waals surface area contributed by atoms with Crippen LogP contribution >= 0.6 is 0 Å². The first kappa shape index (κ1) is 15.5. The molecule has 0 unspecified atom stereocenters. The van der Waals surface area contributed by atoms with Gasteiger partial charge in [-0.3, -0.25) is 4.79 Å². The smallest absolute Gasteiger partial charge is 0.345 e. The van der Waals surface area contributed by atoms with Gasteiger partial charge in [0.05, 0.1) is 12.1 Å². The third-order valence-corrected chi connectivity index (χ3v) is 3.88. The molecule has 1 aromatic carbocycles. The molecule has 0 aliphatic heterocycles. The number of pyridine rings is 1. The van der Waals surface area contributed by atoms with Crippen LogP contribution in [-0.2, 0) is 4.74 Å². The molecule has 0 spiro atoms. The summed E-state index contributed by atoms with van der Waals surface area (Å²) in [6, 6.07) is 1.88. The maximum absolute atomic E-state index is 13.7. The molecule has 0 saturated heterocycles. The minimum Gasteiger partial charge on any atom is -0.462 e. The molecule has 1 saturated carbocycles. The van der Waals surface area contributed by atoms with Gasteiger partial charge in [-0.05, 0) is 25.8 Å². The molecular formula is C16H16F2N2O3. The molecule has 23 heavy (non-hydrogen) atoms. The van der Waals surface area contributed by atoms with Crippen LogP contribution in [0.25, 0.3) is 10.9 Å². The second kappa shape index (κ2) is 5.64. The summed E-state index contributed by atoms with van der Waals surface area (Å²) >= 11 is 0. The van der Waals surface area contributed by atoms with E-state index in [1.165, 1.54) is 0 Å². The van der Waals surface area contributed by atoms with Crippen LogP contribution in [0.4, 0.5) is 14.6 Å². The summed E-state index contributed by atoms with van der Waals surface area (Å²) in [5.74, 6) is -2.65. The predicted molar refractivity (Wildman–Crippen MR) is 81.9 cm³/mol. The Morgan fingerprint density at radius 2 is 2.00 bits per heavy atom. The third kappa shape index (κ3) is 2.46. The number of anilines is 1. The Kier molecular flexibility index (Phi) is 3.79. The molecule has 1 fully saturated rings. The minimum absolute atomic E-state index is 0.0298. The first-order valence-corrected chi connectivity index (χ1v) is 7.41. The summed E-state index contributed by atoms with van der Waals surface area (Å²) in [6.45, 7) is 1.74. The van der Waals surface area contributed by atoms with Crippen molar-refractivity contribution in [1.29, 1.82) is 0 Å². The van der Waals surface area contributed by atoms with E-state index in [-0.39, 0.29) is 34.9 Å². The van der Waals surface area contributed by atoms with Crippen LogP contribution in [-0.4, -0.2) is 24.2 Å². The molecule has 1 aliphatic rings. The molecule has 0 atom stereocenters. The topological polar surface area (TPSA) is 60.3 Å². The fraction of sp³-hybridized carbons (Fsp3) is 0.375. The number of halogens is 2. The molecule has 0 bridgehead atoms. The molecule has 5 nitrogen and oxygen atoms in total. The van der Waals surface area contributed by atoms with Gasteiger partial charge in [0.2, 0.25) is 5.43 Å². The Hall–Kier alpha value is -2.44. The number of aromatic nitrogens is 1. The molecule has 0 radical (unpaired) electrons. The molecule has 1 N–H and O–H groups in total. The van der Waals surface area contributed by atoms with E-state index >= 15 is 0 Å². The zero-order chi connectivity index (χ0) is 16.7. The Morgan fingerprint density at radius 3 is 2.57 bits per heavy atom. The van der Waals surface area contributed by atoms with Gasteiger partial charge in [-0.2, -0.15) is 0 Å². The predicted octanol–water partition coefficient (Wildman–Crippen LogP) is 2.83. The van der Waals surface area contributed by atoms with Gasteiger partial charge in [0.1, 0.15) is 11.4 Å². The van der Waals surface area contributed by atoms with Crippen molar-refractivity contribution < 1.29 is 18.3 Å². The van der Waals surface area contributed by atoms with Gasteiger partial charge in [0, 0.05) is 24.5 Å². The van der Waals surface area contributed by atoms with E-state index in [1.807, 2.05) is 0 Å². The molecule has 1 heterocycles. The van der Waals surface area contributed by atoms with E-state index in [0.717, 1.165) is 25.0 Å². The number of ether oxygens (including phenoxy) is 1. The highest BCUT2D eigenvalue weighted by atomic mass is 19.2. The van der Waals surface area contributed by atoms with E-state index in [9.17, 15) is 18.4 Å². The Morgan fingerprint density at radius 1 is 1.35 bits per heavy atom. The third-order valence-electron chi connectivity index (χ3n) is 3.88. The lowest BCUT2D eigenvalue weighted by Crippen LogP contribution is -2.25. The molecular weight excluding hydrogens is 306 g/mol. The summed E-state index contributed by atoms with van der Waals surface area (Å²) < 4.78 is 33.9. The number of esters is 1. The summed E-state index contributed by atoms with van der Waals surface area (Å²) in [4.78, 5) is 24.8. The molecule has 3 rings (SSSR count). The van der Waals surface area contributed by atoms with Crippen LogP contribution in [0.3, 0.4) is 0 Å². The second-order valence-electron chi connectivity index (χ2n) is 5.41. The maximum Gasteiger partial charge on any atom is 0.345 e. The number of carbonyl (C=O) groups is 1. The lowest BCUT2D eigenvalue weighted by Gasteiger charge is -2.19. The highest BCUT2D eigenvalue weighted by Gasteiger charge is 2.32. The number of hydrogen-bond acceptors (Lipinski definition) is 4. The van der Waals surface area contributed by atoms with Gasteiger partial charge in [0.25, 0.3) is 0 Å². The highest BCUT2D eigenvalue weighted by molar-refractivity contribution is 5.99. The van der Waals surface area contributed by atoms with Gasteiger partial charge in [0.15, 0.2) is 11.6 Å². The van der Waals surface area contributed by atoms with E-state index < -0.39 is 23.0 Å². The number of nitrogens with zero attached hydrogens (tertiary/aromatic N) is 1. The molecule has 0 amide bonds. The average molecular weight is 322 g/mol. The van der Waals surface area contributed by atoms with E-state index in [4.69, 9.17) is 4.74 Å². The van der Waals surface area contributed by atoms with Gasteiger partial charge in [-0.15, -0.1) is 0 Å². The number of carbonyl (C=O) groups excluding carboxylic acids is 1. The first-order valence-electron chi connectivity index (χ1n) is 7.41. The van der Waals surface area contributed by atoms with Crippen LogP contribution in [0.2, 0.25) is 0 Å². The summed E-state index contributed by atoms with van der Waals surface area (Å²) in [5.41, 5.74) is -0.577. The van der Waals surface area contributed by atoms with E-state index in [1.54, 1.807) is 18.5 Å². The molecule has 1 aromatic heterocycles. The van der Waals surface area contributed by atoms with E-state index in [0.29, 0.717) is 0 Å². The fourth-order valence-corrected chi connectivity index (χ4v) is 2.75. The van der Waals surface area contributed by atoms with Crippen LogP contribution < -0.4 is 10.7 Å². The quantitative estimate of drug-likeness (QED) is 0.879. The lowest BCUT2D eigenvalue weighted by atomic mass is 10.1. The SMILES string of the molecule is CCOC(=O)c1c(NC)n(C2CC2)c2cc(F)c(F)cc2c1=O. The summed E-state index contributed by atoms with van der Waals surface area (Å²) in [5, 5.41) is 2.81. The number of nitrogens with one attached hydrogen (secondary N) is 1. The molecule has 2 aromatic rings. The molecule has 7 heteroatoms. The van der Waals surface area contributed by atoms with Crippen LogP contribution in [0.15, 0.2) is 16.9 Å². The van der Waals surface area contributed by atoms with Crippen molar-refractivity contribution in [3.8, 4) is 0 Å². The Balaban J connectivity index is 2.43. The minimum atomic E-state index is -1.12. The Labute approximate surface area is 130 Å². The van der Waals surface area contributed by atoms with Crippen molar-refractivity contribution in [2.45, 2.75) is 25.8 Å². The van der Waals surface area contributed by atoms with Crippen molar-refractivity contribution in [2.24, 2.45) is 0 Å². The van der Waals surface area contributed by atoms with Crippen molar-refractivity contribution in [1.82, 2.24) is 4.57 Å². The number of benzene rings is 1. The van der Waals surface area contributed by atoms with Crippen molar-refractivity contribution in [2.75, 3.05) is 19.0 Å². The number of hydrogen-bond donors (Lipinski definition) is 1. The monoisotopic (exact) mass is 322 g/mol. The fourth-order valence-electron chi connectivity index (χ4n) is 2.75. The van der Waals surface area contributed by atoms with Crippen LogP contribution in [0, 0.1) is 11.6 Å². The van der Waals surface area contributed by atoms with Crippen molar-refractivity contribution in [3.63, 3.8) is 0 Å². The maximum atomic E-state index is 13.7. The van der Waals surface area contributed by atoms with Gasteiger partial charge < -0.3 is 14.6 Å². The van der Waals surface area contributed by atoms with Gasteiger partial charge in [-0.25, -0.2) is 13.6 Å². The van der Waals surface area contributed by atoms with Gasteiger partial charge in [-0.1, -0.05) is 0 Å². The van der Waals surface area contributed by atoms with Gasteiger partial charge >= 0.3 is 5.97 Å². The molecule has 1 aliphatic carbocycles. The summed E-state index contributed by atoms with van der Waals surface area (Å²) in [6.07, 6.45) is 1.68.